The fourth-order valence-electron chi connectivity index (χ4n) is 4.14. The van der Waals surface area contributed by atoms with E-state index in [-0.39, 0.29) is 11.3 Å². The number of carbonyl (C=O) groups excluding carboxylic acids is 2. The fraction of sp³-hybridized carbons (Fsp3) is 0.407. The predicted octanol–water partition coefficient (Wildman–Crippen LogP) is 3.78. The molecule has 2 aromatic carbocycles. The van der Waals surface area contributed by atoms with Gasteiger partial charge >= 0.3 is 0 Å². The normalized spacial score (nSPS) is 17.2. The Morgan fingerprint density at radius 3 is 2.37 bits per heavy atom. The Balaban J connectivity index is 2.15. The van der Waals surface area contributed by atoms with Crippen LogP contribution in [0.4, 0.5) is 0 Å². The van der Waals surface area contributed by atoms with Crippen molar-refractivity contribution in [2.75, 3.05) is 48.0 Å². The summed E-state index contributed by atoms with van der Waals surface area (Å²) in [6.45, 7) is 5.31. The summed E-state index contributed by atoms with van der Waals surface area (Å²) >= 11 is 0. The molecule has 0 aromatic heterocycles. The molecule has 1 aliphatic heterocycles. The van der Waals surface area contributed by atoms with Crippen LogP contribution in [0.15, 0.2) is 42.0 Å². The summed E-state index contributed by atoms with van der Waals surface area (Å²) in [6, 6.07) is 9.76. The number of ether oxygens (including phenoxy) is 3. The summed E-state index contributed by atoms with van der Waals surface area (Å²) in [4.78, 5) is 29.8. The Morgan fingerprint density at radius 1 is 1.06 bits per heavy atom. The lowest BCUT2D eigenvalue weighted by Gasteiger charge is -2.27. The molecule has 35 heavy (non-hydrogen) atoms. The van der Waals surface area contributed by atoms with E-state index in [9.17, 15) is 14.7 Å². The van der Waals surface area contributed by atoms with Gasteiger partial charge in [-0.2, -0.15) is 0 Å². The molecule has 0 aliphatic carbocycles. The molecular weight excluding hydrogens is 448 g/mol. The third kappa shape index (κ3) is 5.43. The number of likely N-dealkylation sites (N-methyl/N-ethyl adjacent to an activating group) is 1. The first kappa shape index (κ1) is 26.1. The number of hydrogen-bond acceptors (Lipinski definition) is 7. The number of aryl methyl sites for hydroxylation is 1. The van der Waals surface area contributed by atoms with Crippen LogP contribution in [0.2, 0.25) is 0 Å². The number of hydrogen-bond donors (Lipinski definition) is 1. The number of Topliss-reactive ketones (excluding diaryl/α,β-unsaturated/α-hetero) is 1. The minimum absolute atomic E-state index is 0.0475. The van der Waals surface area contributed by atoms with E-state index in [1.807, 2.05) is 38.9 Å². The number of amides is 1. The molecule has 3 rings (SSSR count). The molecule has 1 aliphatic rings. The number of aliphatic hydroxyl groups is 1. The van der Waals surface area contributed by atoms with Crippen molar-refractivity contribution in [2.24, 2.45) is 0 Å². The van der Waals surface area contributed by atoms with Crippen molar-refractivity contribution in [2.45, 2.75) is 26.3 Å². The van der Waals surface area contributed by atoms with Crippen molar-refractivity contribution in [3.63, 3.8) is 0 Å². The number of rotatable bonds is 10. The predicted molar refractivity (Wildman–Crippen MR) is 134 cm³/mol. The van der Waals surface area contributed by atoms with Crippen LogP contribution >= 0.6 is 0 Å². The number of benzene rings is 2. The van der Waals surface area contributed by atoms with Gasteiger partial charge in [0, 0.05) is 18.7 Å². The highest BCUT2D eigenvalue weighted by Gasteiger charge is 2.46. The summed E-state index contributed by atoms with van der Waals surface area (Å²) in [7, 11) is 6.86. The topological polar surface area (TPSA) is 88.5 Å². The largest absolute Gasteiger partial charge is 0.507 e. The molecule has 188 valence electrons. The van der Waals surface area contributed by atoms with Gasteiger partial charge in [0.05, 0.1) is 32.4 Å². The summed E-state index contributed by atoms with van der Waals surface area (Å²) in [5, 5.41) is 11.4. The third-order valence-corrected chi connectivity index (χ3v) is 5.98. The quantitative estimate of drug-likeness (QED) is 0.313. The molecule has 1 N–H and O–H groups in total. The molecule has 0 unspecified atom stereocenters. The van der Waals surface area contributed by atoms with E-state index >= 15 is 0 Å². The van der Waals surface area contributed by atoms with Crippen LogP contribution in [-0.2, 0) is 9.59 Å². The molecule has 0 radical (unpaired) electrons. The number of carbonyl (C=O) groups is 2. The second-order valence-electron chi connectivity index (χ2n) is 8.74. The monoisotopic (exact) mass is 482 g/mol. The summed E-state index contributed by atoms with van der Waals surface area (Å²) in [6.07, 6.45) is 0.877. The van der Waals surface area contributed by atoms with Crippen LogP contribution in [0.1, 0.15) is 36.1 Å². The summed E-state index contributed by atoms with van der Waals surface area (Å²) in [5.74, 6) is 0.108. The van der Waals surface area contributed by atoms with Crippen LogP contribution in [0.25, 0.3) is 5.76 Å². The maximum Gasteiger partial charge on any atom is 0.295 e. The molecule has 1 fully saturated rings. The van der Waals surface area contributed by atoms with Crippen molar-refractivity contribution in [1.82, 2.24) is 9.80 Å². The lowest BCUT2D eigenvalue weighted by atomic mass is 9.93. The number of nitrogens with zero attached hydrogens (tertiary/aromatic N) is 2. The minimum atomic E-state index is -0.773. The van der Waals surface area contributed by atoms with Gasteiger partial charge < -0.3 is 29.1 Å². The summed E-state index contributed by atoms with van der Waals surface area (Å²) in [5.41, 5.74) is 1.90. The zero-order chi connectivity index (χ0) is 25.7. The Morgan fingerprint density at radius 2 is 1.77 bits per heavy atom. The first-order valence-corrected chi connectivity index (χ1v) is 11.6. The second kappa shape index (κ2) is 11.3. The van der Waals surface area contributed by atoms with Gasteiger partial charge in [-0.25, -0.2) is 0 Å². The van der Waals surface area contributed by atoms with Crippen molar-refractivity contribution in [3.8, 4) is 17.2 Å². The Bertz CT molecular complexity index is 1120. The second-order valence-corrected chi connectivity index (χ2v) is 8.74. The van der Waals surface area contributed by atoms with Crippen LogP contribution in [0.5, 0.6) is 17.2 Å². The van der Waals surface area contributed by atoms with Gasteiger partial charge in [0.1, 0.15) is 11.5 Å². The standard InChI is InChI=1S/C27H34N2O6/c1-7-14-35-19-9-10-20(17(2)15-19)25(30)23-24(18-8-11-21(33-5)22(16-18)34-6)29(13-12-28(3)4)27(32)26(23)31/h8-11,15-16,24,30H,7,12-14H2,1-6H3/t24-/m1/s1. The first-order chi connectivity index (χ1) is 16.7. The van der Waals surface area contributed by atoms with Crippen LogP contribution in [-0.4, -0.2) is 74.6 Å². The molecular formula is C27H34N2O6. The van der Waals surface area contributed by atoms with Crippen LogP contribution < -0.4 is 14.2 Å². The molecule has 0 bridgehead atoms. The van der Waals surface area contributed by atoms with Gasteiger partial charge in [0.2, 0.25) is 0 Å². The van der Waals surface area contributed by atoms with E-state index in [0.29, 0.717) is 48.1 Å². The highest BCUT2D eigenvalue weighted by atomic mass is 16.5. The third-order valence-electron chi connectivity index (χ3n) is 5.98. The zero-order valence-corrected chi connectivity index (χ0v) is 21.3. The lowest BCUT2D eigenvalue weighted by Crippen LogP contribution is -2.35. The fourth-order valence-corrected chi connectivity index (χ4v) is 4.14. The highest BCUT2D eigenvalue weighted by Crippen LogP contribution is 2.42. The van der Waals surface area contributed by atoms with Crippen LogP contribution in [0, 0.1) is 6.92 Å². The van der Waals surface area contributed by atoms with Gasteiger partial charge in [-0.3, -0.25) is 9.59 Å². The Labute approximate surface area is 206 Å². The Hall–Kier alpha value is -3.52. The minimum Gasteiger partial charge on any atom is -0.507 e. The van der Waals surface area contributed by atoms with Gasteiger partial charge in [-0.15, -0.1) is 0 Å². The van der Waals surface area contributed by atoms with Gasteiger partial charge in [0.25, 0.3) is 11.7 Å². The van der Waals surface area contributed by atoms with Crippen molar-refractivity contribution in [1.29, 1.82) is 0 Å². The van der Waals surface area contributed by atoms with Gasteiger partial charge in [-0.05, 0) is 68.9 Å². The lowest BCUT2D eigenvalue weighted by molar-refractivity contribution is -0.140. The number of ketones is 1. The molecule has 0 spiro atoms. The van der Waals surface area contributed by atoms with Crippen LogP contribution in [0.3, 0.4) is 0 Å². The molecule has 2 aromatic rings. The van der Waals surface area contributed by atoms with Crippen molar-refractivity contribution >= 4 is 17.4 Å². The maximum absolute atomic E-state index is 13.3. The zero-order valence-electron chi connectivity index (χ0n) is 21.3. The van der Waals surface area contributed by atoms with E-state index in [0.717, 1.165) is 12.0 Å². The molecule has 1 amide bonds. The van der Waals surface area contributed by atoms with E-state index in [2.05, 4.69) is 0 Å². The van der Waals surface area contributed by atoms with E-state index < -0.39 is 17.7 Å². The van der Waals surface area contributed by atoms with E-state index in [1.165, 1.54) is 19.1 Å². The average Bonchev–Trinajstić information content (AvgIpc) is 3.10. The van der Waals surface area contributed by atoms with E-state index in [4.69, 9.17) is 14.2 Å². The van der Waals surface area contributed by atoms with Gasteiger partial charge in [0.15, 0.2) is 11.5 Å². The molecule has 1 saturated heterocycles. The van der Waals surface area contributed by atoms with Crippen molar-refractivity contribution < 1.29 is 28.9 Å². The molecule has 1 atom stereocenters. The van der Waals surface area contributed by atoms with E-state index in [1.54, 1.807) is 30.3 Å². The highest BCUT2D eigenvalue weighted by molar-refractivity contribution is 6.46. The Kier molecular flexibility index (Phi) is 8.40. The summed E-state index contributed by atoms with van der Waals surface area (Å²) < 4.78 is 16.5. The average molecular weight is 483 g/mol. The molecule has 1 heterocycles. The molecule has 8 nitrogen and oxygen atoms in total. The number of aliphatic hydroxyl groups excluding tert-OH is 1. The maximum atomic E-state index is 13.3. The first-order valence-electron chi connectivity index (χ1n) is 11.6. The number of likely N-dealkylation sites (tertiary alicyclic amines) is 1. The number of methoxy groups -OCH3 is 2. The smallest absolute Gasteiger partial charge is 0.295 e. The van der Waals surface area contributed by atoms with Gasteiger partial charge in [-0.1, -0.05) is 13.0 Å². The molecule has 8 heteroatoms. The molecule has 0 saturated carbocycles. The van der Waals surface area contributed by atoms with Crippen molar-refractivity contribution in [3.05, 3.63) is 58.7 Å². The SMILES string of the molecule is CCCOc1ccc(C(O)=C2C(=O)C(=O)N(CCN(C)C)[C@@H]2c2ccc(OC)c(OC)c2)c(C)c1.